The van der Waals surface area contributed by atoms with E-state index in [0.717, 1.165) is 0 Å². The van der Waals surface area contributed by atoms with Crippen LogP contribution in [0.25, 0.3) is 21.9 Å². The van der Waals surface area contributed by atoms with E-state index in [-0.39, 0.29) is 5.43 Å². The van der Waals surface area contributed by atoms with E-state index >= 15 is 0 Å². The fourth-order valence-electron chi connectivity index (χ4n) is 1.91. The lowest BCUT2D eigenvalue weighted by Crippen LogP contribution is -2.01. The number of rotatable bonds is 1. The fraction of sp³-hybridized carbons (Fsp3) is 0.0625. The molecule has 0 bridgehead atoms. The smallest absolute Gasteiger partial charge is 0.200 e. The standard InChI is InChI=1S/C14H10O3.C2H4/c1-16-9-6-7-13-11(8-9)14(15)10-4-2-3-5-12(10)17-13;1-2/h2-8H,1H3;1-2H2. The molecule has 96 valence electrons. The summed E-state index contributed by atoms with van der Waals surface area (Å²) in [4.78, 5) is 12.2. The van der Waals surface area contributed by atoms with Crippen molar-refractivity contribution in [2.75, 3.05) is 7.11 Å². The molecule has 3 rings (SSSR count). The van der Waals surface area contributed by atoms with Gasteiger partial charge in [-0.2, -0.15) is 0 Å². The number of fused-ring (bicyclic) bond motifs is 2. The molecule has 0 saturated carbocycles. The highest BCUT2D eigenvalue weighted by Crippen LogP contribution is 2.22. The van der Waals surface area contributed by atoms with Crippen LogP contribution in [0.1, 0.15) is 0 Å². The van der Waals surface area contributed by atoms with Gasteiger partial charge in [-0.25, -0.2) is 0 Å². The quantitative estimate of drug-likeness (QED) is 0.490. The molecule has 0 aliphatic heterocycles. The molecule has 0 aliphatic rings. The van der Waals surface area contributed by atoms with E-state index in [9.17, 15) is 4.79 Å². The fourth-order valence-corrected chi connectivity index (χ4v) is 1.91. The van der Waals surface area contributed by atoms with E-state index in [0.29, 0.717) is 27.7 Å². The minimum Gasteiger partial charge on any atom is -0.497 e. The summed E-state index contributed by atoms with van der Waals surface area (Å²) in [6.07, 6.45) is 0. The van der Waals surface area contributed by atoms with Crippen LogP contribution in [0, 0.1) is 0 Å². The van der Waals surface area contributed by atoms with Crippen molar-refractivity contribution in [2.24, 2.45) is 0 Å². The highest BCUT2D eigenvalue weighted by Gasteiger charge is 2.07. The first-order valence-corrected chi connectivity index (χ1v) is 5.79. The number of hydrogen-bond acceptors (Lipinski definition) is 3. The lowest BCUT2D eigenvalue weighted by Gasteiger charge is -2.03. The second kappa shape index (κ2) is 5.40. The van der Waals surface area contributed by atoms with Gasteiger partial charge in [0.15, 0.2) is 0 Å². The van der Waals surface area contributed by atoms with Crippen LogP contribution in [0.2, 0.25) is 0 Å². The molecule has 3 aromatic rings. The van der Waals surface area contributed by atoms with Crippen LogP contribution in [0.3, 0.4) is 0 Å². The summed E-state index contributed by atoms with van der Waals surface area (Å²) in [5, 5.41) is 1.14. The van der Waals surface area contributed by atoms with Crippen molar-refractivity contribution in [2.45, 2.75) is 0 Å². The van der Waals surface area contributed by atoms with Gasteiger partial charge in [-0.1, -0.05) is 12.1 Å². The number of benzene rings is 2. The van der Waals surface area contributed by atoms with Crippen LogP contribution in [0.5, 0.6) is 5.75 Å². The summed E-state index contributed by atoms with van der Waals surface area (Å²) in [5.74, 6) is 0.653. The highest BCUT2D eigenvalue weighted by molar-refractivity contribution is 5.90. The average Bonchev–Trinajstić information content (AvgIpc) is 2.49. The monoisotopic (exact) mass is 254 g/mol. The Balaban J connectivity index is 0.000000637. The Morgan fingerprint density at radius 1 is 1.00 bits per heavy atom. The molecule has 0 radical (unpaired) electrons. The van der Waals surface area contributed by atoms with E-state index in [4.69, 9.17) is 9.15 Å². The summed E-state index contributed by atoms with van der Waals surface area (Å²) < 4.78 is 10.8. The predicted octanol–water partition coefficient (Wildman–Crippen LogP) is 3.76. The third kappa shape index (κ3) is 2.22. The van der Waals surface area contributed by atoms with Crippen LogP contribution in [-0.4, -0.2) is 7.11 Å². The minimum atomic E-state index is -0.0271. The normalized spacial score (nSPS) is 9.95. The maximum Gasteiger partial charge on any atom is 0.200 e. The van der Waals surface area contributed by atoms with Crippen molar-refractivity contribution >= 4 is 21.9 Å². The second-order valence-electron chi connectivity index (χ2n) is 3.79. The molecule has 0 unspecified atom stereocenters. The largest absolute Gasteiger partial charge is 0.497 e. The first-order valence-electron chi connectivity index (χ1n) is 5.79. The van der Waals surface area contributed by atoms with Crippen molar-refractivity contribution in [1.82, 2.24) is 0 Å². The zero-order valence-corrected chi connectivity index (χ0v) is 10.7. The molecule has 0 saturated heterocycles. The van der Waals surface area contributed by atoms with E-state index in [1.54, 1.807) is 37.4 Å². The average molecular weight is 254 g/mol. The van der Waals surface area contributed by atoms with Gasteiger partial charge in [0.1, 0.15) is 16.9 Å². The Hall–Kier alpha value is -2.55. The lowest BCUT2D eigenvalue weighted by molar-refractivity contribution is 0.415. The molecule has 3 heteroatoms. The summed E-state index contributed by atoms with van der Waals surface area (Å²) in [7, 11) is 1.57. The Morgan fingerprint density at radius 3 is 2.42 bits per heavy atom. The molecule has 3 nitrogen and oxygen atoms in total. The number of para-hydroxylation sites is 1. The Bertz CT molecular complexity index is 772. The van der Waals surface area contributed by atoms with Gasteiger partial charge in [-0.3, -0.25) is 4.79 Å². The van der Waals surface area contributed by atoms with Gasteiger partial charge in [0.2, 0.25) is 5.43 Å². The van der Waals surface area contributed by atoms with Crippen molar-refractivity contribution < 1.29 is 9.15 Å². The third-order valence-corrected chi connectivity index (χ3v) is 2.78. The topological polar surface area (TPSA) is 39.4 Å². The lowest BCUT2D eigenvalue weighted by atomic mass is 10.1. The van der Waals surface area contributed by atoms with Crippen LogP contribution < -0.4 is 10.2 Å². The minimum absolute atomic E-state index is 0.0271. The van der Waals surface area contributed by atoms with Crippen LogP contribution in [0.15, 0.2) is 64.8 Å². The molecular formula is C16H14O3. The Kier molecular flexibility index (Phi) is 3.66. The van der Waals surface area contributed by atoms with Gasteiger partial charge in [0, 0.05) is 0 Å². The Morgan fingerprint density at radius 2 is 1.68 bits per heavy atom. The molecule has 0 amide bonds. The van der Waals surface area contributed by atoms with Crippen LogP contribution >= 0.6 is 0 Å². The van der Waals surface area contributed by atoms with Crippen LogP contribution in [-0.2, 0) is 0 Å². The highest BCUT2D eigenvalue weighted by atomic mass is 16.5. The van der Waals surface area contributed by atoms with Crippen molar-refractivity contribution in [1.29, 1.82) is 0 Å². The molecule has 0 aliphatic carbocycles. The summed E-state index contributed by atoms with van der Waals surface area (Å²) in [6.45, 7) is 6.00. The van der Waals surface area contributed by atoms with Crippen molar-refractivity contribution in [3.63, 3.8) is 0 Å². The molecule has 2 aromatic carbocycles. The van der Waals surface area contributed by atoms with Gasteiger partial charge in [0.05, 0.1) is 17.9 Å². The zero-order chi connectivity index (χ0) is 13.8. The number of ether oxygens (including phenoxy) is 1. The van der Waals surface area contributed by atoms with Crippen molar-refractivity contribution in [3.8, 4) is 5.75 Å². The third-order valence-electron chi connectivity index (χ3n) is 2.78. The summed E-state index contributed by atoms with van der Waals surface area (Å²) in [5.41, 5.74) is 1.16. The first-order chi connectivity index (χ1) is 9.29. The molecule has 0 N–H and O–H groups in total. The van der Waals surface area contributed by atoms with E-state index in [1.165, 1.54) is 0 Å². The van der Waals surface area contributed by atoms with E-state index in [2.05, 4.69) is 13.2 Å². The Labute approximate surface area is 110 Å². The zero-order valence-electron chi connectivity index (χ0n) is 10.7. The summed E-state index contributed by atoms with van der Waals surface area (Å²) >= 11 is 0. The molecule has 1 aromatic heterocycles. The maximum atomic E-state index is 12.2. The van der Waals surface area contributed by atoms with Gasteiger partial charge >= 0.3 is 0 Å². The molecule has 0 atom stereocenters. The van der Waals surface area contributed by atoms with E-state index < -0.39 is 0 Å². The molecular weight excluding hydrogens is 240 g/mol. The molecule has 0 fully saturated rings. The van der Waals surface area contributed by atoms with Gasteiger partial charge < -0.3 is 9.15 Å². The summed E-state index contributed by atoms with van der Waals surface area (Å²) in [6, 6.07) is 12.5. The number of hydrogen-bond donors (Lipinski definition) is 0. The second-order valence-corrected chi connectivity index (χ2v) is 3.79. The van der Waals surface area contributed by atoms with E-state index in [1.807, 2.05) is 12.1 Å². The first kappa shape index (κ1) is 12.9. The molecule has 19 heavy (non-hydrogen) atoms. The van der Waals surface area contributed by atoms with Gasteiger partial charge in [0.25, 0.3) is 0 Å². The van der Waals surface area contributed by atoms with Crippen molar-refractivity contribution in [3.05, 3.63) is 65.8 Å². The molecule has 1 heterocycles. The SMILES string of the molecule is C=C.COc1ccc2oc3ccccc3c(=O)c2c1. The van der Waals surface area contributed by atoms with Gasteiger partial charge in [-0.05, 0) is 30.3 Å². The van der Waals surface area contributed by atoms with Gasteiger partial charge in [-0.15, -0.1) is 13.2 Å². The van der Waals surface area contributed by atoms with Crippen LogP contribution in [0.4, 0.5) is 0 Å². The molecule has 0 spiro atoms. The predicted molar refractivity (Wildman–Crippen MR) is 77.8 cm³/mol. The number of methoxy groups -OCH3 is 1. The maximum absolute atomic E-state index is 12.2.